The molecule has 0 aliphatic carbocycles. The number of hydrogen-bond donors (Lipinski definition) is 1. The van der Waals surface area contributed by atoms with E-state index in [1.165, 1.54) is 11.1 Å². The Labute approximate surface area is 117 Å². The molecule has 1 saturated heterocycles. The summed E-state index contributed by atoms with van der Waals surface area (Å²) < 4.78 is 0. The summed E-state index contributed by atoms with van der Waals surface area (Å²) in [6.45, 7) is 8.75. The zero-order valence-electron chi connectivity index (χ0n) is 12.5. The third kappa shape index (κ3) is 3.80. The van der Waals surface area contributed by atoms with Crippen LogP contribution in [0.3, 0.4) is 0 Å². The Morgan fingerprint density at radius 1 is 1.21 bits per heavy atom. The molecule has 19 heavy (non-hydrogen) atoms. The first-order chi connectivity index (χ1) is 9.00. The predicted octanol–water partition coefficient (Wildman–Crippen LogP) is 3.16. The highest BCUT2D eigenvalue weighted by atomic mass is 16.3. The predicted molar refractivity (Wildman–Crippen MR) is 80.4 cm³/mol. The van der Waals surface area contributed by atoms with Crippen LogP contribution in [0.1, 0.15) is 44.2 Å². The Morgan fingerprint density at radius 2 is 1.95 bits per heavy atom. The van der Waals surface area contributed by atoms with Gasteiger partial charge in [0.25, 0.3) is 0 Å². The number of rotatable bonds is 3. The van der Waals surface area contributed by atoms with Gasteiger partial charge in [0, 0.05) is 19.0 Å². The molecule has 0 bridgehead atoms. The number of nitrogens with zero attached hydrogens (tertiary/aromatic N) is 1. The van der Waals surface area contributed by atoms with E-state index in [2.05, 4.69) is 49.9 Å². The topological polar surface area (TPSA) is 23.5 Å². The standard InChI is InChI=1S/C17H27NO/c1-14(2)18-11-6-9-17(19,10-12-18)13-16-8-5-4-7-15(16)3/h4-5,7-8,14,19H,6,9-13H2,1-3H3. The van der Waals surface area contributed by atoms with Crippen LogP contribution in [0.15, 0.2) is 24.3 Å². The molecular weight excluding hydrogens is 234 g/mol. The molecule has 1 fully saturated rings. The van der Waals surface area contributed by atoms with E-state index in [4.69, 9.17) is 0 Å². The van der Waals surface area contributed by atoms with Crippen LogP contribution in [0.4, 0.5) is 0 Å². The maximum absolute atomic E-state index is 10.9. The van der Waals surface area contributed by atoms with Crippen LogP contribution in [-0.4, -0.2) is 34.7 Å². The van der Waals surface area contributed by atoms with Crippen LogP contribution in [-0.2, 0) is 6.42 Å². The van der Waals surface area contributed by atoms with Crippen molar-refractivity contribution in [2.45, 2.75) is 58.1 Å². The normalized spacial score (nSPS) is 25.5. The van der Waals surface area contributed by atoms with E-state index in [1.54, 1.807) is 0 Å². The zero-order chi connectivity index (χ0) is 13.9. The Morgan fingerprint density at radius 3 is 2.63 bits per heavy atom. The third-order valence-electron chi connectivity index (χ3n) is 4.46. The highest BCUT2D eigenvalue weighted by molar-refractivity contribution is 5.27. The van der Waals surface area contributed by atoms with Gasteiger partial charge in [-0.2, -0.15) is 0 Å². The molecule has 1 unspecified atom stereocenters. The van der Waals surface area contributed by atoms with Gasteiger partial charge in [0.15, 0.2) is 0 Å². The second kappa shape index (κ2) is 6.06. The molecule has 1 aliphatic heterocycles. The monoisotopic (exact) mass is 261 g/mol. The Balaban J connectivity index is 2.05. The summed E-state index contributed by atoms with van der Waals surface area (Å²) >= 11 is 0. The summed E-state index contributed by atoms with van der Waals surface area (Å²) in [7, 11) is 0. The van der Waals surface area contributed by atoms with Crippen molar-refractivity contribution in [1.29, 1.82) is 0 Å². The van der Waals surface area contributed by atoms with Crippen LogP contribution in [0.2, 0.25) is 0 Å². The molecule has 1 aromatic carbocycles. The van der Waals surface area contributed by atoms with E-state index in [0.717, 1.165) is 38.8 Å². The molecule has 2 rings (SSSR count). The molecule has 0 radical (unpaired) electrons. The van der Waals surface area contributed by atoms with E-state index in [1.807, 2.05) is 0 Å². The van der Waals surface area contributed by atoms with E-state index >= 15 is 0 Å². The molecule has 0 amide bonds. The van der Waals surface area contributed by atoms with Crippen molar-refractivity contribution in [2.24, 2.45) is 0 Å². The number of aryl methyl sites for hydroxylation is 1. The fourth-order valence-electron chi connectivity index (χ4n) is 3.06. The first-order valence-corrected chi connectivity index (χ1v) is 7.51. The van der Waals surface area contributed by atoms with E-state index in [9.17, 15) is 5.11 Å². The largest absolute Gasteiger partial charge is 0.389 e. The lowest BCUT2D eigenvalue weighted by Gasteiger charge is -2.28. The number of likely N-dealkylation sites (tertiary alicyclic amines) is 1. The van der Waals surface area contributed by atoms with Crippen molar-refractivity contribution in [3.05, 3.63) is 35.4 Å². The molecule has 1 aliphatic rings. The second-order valence-electron chi connectivity index (χ2n) is 6.31. The Hall–Kier alpha value is -0.860. The van der Waals surface area contributed by atoms with Crippen LogP contribution in [0, 0.1) is 6.92 Å². The van der Waals surface area contributed by atoms with Crippen LogP contribution < -0.4 is 0 Å². The van der Waals surface area contributed by atoms with Crippen LogP contribution in [0.5, 0.6) is 0 Å². The zero-order valence-corrected chi connectivity index (χ0v) is 12.5. The minimum atomic E-state index is -0.518. The van der Waals surface area contributed by atoms with Crippen molar-refractivity contribution >= 4 is 0 Å². The maximum Gasteiger partial charge on any atom is 0.0700 e. The smallest absolute Gasteiger partial charge is 0.0700 e. The second-order valence-corrected chi connectivity index (χ2v) is 6.31. The van der Waals surface area contributed by atoms with Gasteiger partial charge >= 0.3 is 0 Å². The van der Waals surface area contributed by atoms with E-state index in [0.29, 0.717) is 6.04 Å². The molecule has 106 valence electrons. The van der Waals surface area contributed by atoms with Gasteiger partial charge in [0.2, 0.25) is 0 Å². The molecule has 1 heterocycles. The van der Waals surface area contributed by atoms with Gasteiger partial charge in [-0.25, -0.2) is 0 Å². The molecule has 0 spiro atoms. The lowest BCUT2D eigenvalue weighted by Crippen LogP contribution is -2.35. The third-order valence-corrected chi connectivity index (χ3v) is 4.46. The van der Waals surface area contributed by atoms with Crippen molar-refractivity contribution in [1.82, 2.24) is 4.90 Å². The highest BCUT2D eigenvalue weighted by Gasteiger charge is 2.31. The SMILES string of the molecule is Cc1ccccc1CC1(O)CCCN(C(C)C)CC1. The average Bonchev–Trinajstić information content (AvgIpc) is 2.55. The van der Waals surface area contributed by atoms with Crippen molar-refractivity contribution in [2.75, 3.05) is 13.1 Å². The van der Waals surface area contributed by atoms with Gasteiger partial charge in [-0.1, -0.05) is 24.3 Å². The van der Waals surface area contributed by atoms with Crippen molar-refractivity contribution < 1.29 is 5.11 Å². The molecule has 1 aromatic rings. The van der Waals surface area contributed by atoms with Gasteiger partial charge in [-0.05, 0) is 57.7 Å². The molecule has 1 N–H and O–H groups in total. The van der Waals surface area contributed by atoms with Gasteiger partial charge in [-0.3, -0.25) is 0 Å². The Kier molecular flexibility index (Phi) is 4.64. The first-order valence-electron chi connectivity index (χ1n) is 7.51. The average molecular weight is 261 g/mol. The number of hydrogen-bond acceptors (Lipinski definition) is 2. The van der Waals surface area contributed by atoms with Crippen molar-refractivity contribution in [3.63, 3.8) is 0 Å². The summed E-state index contributed by atoms with van der Waals surface area (Å²) in [6, 6.07) is 9.01. The summed E-state index contributed by atoms with van der Waals surface area (Å²) in [5.41, 5.74) is 2.07. The van der Waals surface area contributed by atoms with Gasteiger partial charge in [0.1, 0.15) is 0 Å². The van der Waals surface area contributed by atoms with Gasteiger partial charge in [0.05, 0.1) is 5.60 Å². The maximum atomic E-state index is 10.9. The highest BCUT2D eigenvalue weighted by Crippen LogP contribution is 2.28. The molecule has 0 aromatic heterocycles. The molecule has 0 saturated carbocycles. The summed E-state index contributed by atoms with van der Waals surface area (Å²) in [5.74, 6) is 0. The van der Waals surface area contributed by atoms with Crippen molar-refractivity contribution in [3.8, 4) is 0 Å². The van der Waals surface area contributed by atoms with Crippen LogP contribution in [0.25, 0.3) is 0 Å². The minimum Gasteiger partial charge on any atom is -0.389 e. The number of aliphatic hydroxyl groups is 1. The molecule has 2 heteroatoms. The summed E-state index contributed by atoms with van der Waals surface area (Å²) in [4.78, 5) is 2.48. The quantitative estimate of drug-likeness (QED) is 0.903. The molecule has 1 atom stereocenters. The summed E-state index contributed by atoms with van der Waals surface area (Å²) in [5, 5.41) is 10.9. The van der Waals surface area contributed by atoms with Gasteiger partial charge in [-0.15, -0.1) is 0 Å². The fraction of sp³-hybridized carbons (Fsp3) is 0.647. The summed E-state index contributed by atoms with van der Waals surface area (Å²) in [6.07, 6.45) is 3.70. The lowest BCUT2D eigenvalue weighted by molar-refractivity contribution is 0.0247. The first kappa shape index (κ1) is 14.5. The fourth-order valence-corrected chi connectivity index (χ4v) is 3.06. The molecular formula is C17H27NO. The van der Waals surface area contributed by atoms with E-state index < -0.39 is 5.60 Å². The number of benzene rings is 1. The lowest BCUT2D eigenvalue weighted by atomic mass is 9.86. The Bertz CT molecular complexity index is 415. The molecule has 2 nitrogen and oxygen atoms in total. The van der Waals surface area contributed by atoms with Crippen LogP contribution >= 0.6 is 0 Å². The van der Waals surface area contributed by atoms with Gasteiger partial charge < -0.3 is 10.0 Å². The minimum absolute atomic E-state index is 0.518. The van der Waals surface area contributed by atoms with E-state index in [-0.39, 0.29) is 0 Å².